The first-order valence-electron chi connectivity index (χ1n) is 8.05. The molecular formula is C18H19ClFN3O2S. The van der Waals surface area contributed by atoms with Crippen LogP contribution >= 0.6 is 23.8 Å². The van der Waals surface area contributed by atoms with Crippen LogP contribution < -0.4 is 20.9 Å². The highest BCUT2D eigenvalue weighted by Gasteiger charge is 2.08. The average molecular weight is 396 g/mol. The summed E-state index contributed by atoms with van der Waals surface area (Å²) < 4.78 is 18.7. The van der Waals surface area contributed by atoms with E-state index in [1.54, 1.807) is 24.3 Å². The van der Waals surface area contributed by atoms with Crippen LogP contribution in [0.5, 0.6) is 5.75 Å². The number of nitrogens with one attached hydrogen (secondary N) is 3. The van der Waals surface area contributed by atoms with Crippen molar-refractivity contribution >= 4 is 40.5 Å². The van der Waals surface area contributed by atoms with E-state index in [1.807, 2.05) is 0 Å². The van der Waals surface area contributed by atoms with Crippen LogP contribution in [0.3, 0.4) is 0 Å². The van der Waals surface area contributed by atoms with Crippen molar-refractivity contribution in [2.45, 2.75) is 19.8 Å². The number of benzene rings is 2. The number of hydrogen-bond donors (Lipinski definition) is 3. The molecule has 3 N–H and O–H groups in total. The van der Waals surface area contributed by atoms with Crippen LogP contribution in [0.1, 0.15) is 30.1 Å². The summed E-state index contributed by atoms with van der Waals surface area (Å²) in [6.45, 7) is 2.68. The van der Waals surface area contributed by atoms with Gasteiger partial charge in [-0.25, -0.2) is 4.39 Å². The Bertz CT molecular complexity index is 789. The average Bonchev–Trinajstić information content (AvgIpc) is 2.63. The van der Waals surface area contributed by atoms with Crippen molar-refractivity contribution in [1.82, 2.24) is 10.9 Å². The van der Waals surface area contributed by atoms with E-state index in [1.165, 1.54) is 18.2 Å². The molecule has 0 aliphatic carbocycles. The van der Waals surface area contributed by atoms with Crippen LogP contribution in [0.2, 0.25) is 5.02 Å². The summed E-state index contributed by atoms with van der Waals surface area (Å²) in [6.07, 6.45) is 1.99. The highest BCUT2D eigenvalue weighted by molar-refractivity contribution is 7.80. The predicted octanol–water partition coefficient (Wildman–Crippen LogP) is 4.29. The normalized spacial score (nSPS) is 10.1. The van der Waals surface area contributed by atoms with Crippen LogP contribution in [0.15, 0.2) is 42.5 Å². The molecule has 0 spiro atoms. The molecule has 138 valence electrons. The minimum atomic E-state index is -0.523. The molecule has 2 aromatic carbocycles. The second kappa shape index (κ2) is 9.94. The molecule has 0 bridgehead atoms. The standard InChI is InChI=1S/C18H19ClFN3O2S/c1-2-3-9-25-14-6-4-5-12(10-14)17(24)22-23-18(26)21-13-7-8-16(20)15(19)11-13/h4-8,10-11H,2-3,9H2,1H3,(H,22,24)(H2,21,23,26). The van der Waals surface area contributed by atoms with Gasteiger partial charge in [0, 0.05) is 11.3 Å². The summed E-state index contributed by atoms with van der Waals surface area (Å²) in [7, 11) is 0. The van der Waals surface area contributed by atoms with Crippen molar-refractivity contribution < 1.29 is 13.9 Å². The van der Waals surface area contributed by atoms with Crippen molar-refractivity contribution in [2.24, 2.45) is 0 Å². The maximum absolute atomic E-state index is 13.1. The van der Waals surface area contributed by atoms with E-state index >= 15 is 0 Å². The topological polar surface area (TPSA) is 62.4 Å². The maximum Gasteiger partial charge on any atom is 0.269 e. The molecule has 26 heavy (non-hydrogen) atoms. The lowest BCUT2D eigenvalue weighted by Crippen LogP contribution is -2.43. The summed E-state index contributed by atoms with van der Waals surface area (Å²) in [6, 6.07) is 11.0. The van der Waals surface area contributed by atoms with Gasteiger partial charge in [-0.3, -0.25) is 15.6 Å². The third-order valence-electron chi connectivity index (χ3n) is 3.33. The predicted molar refractivity (Wildman–Crippen MR) is 105 cm³/mol. The lowest BCUT2D eigenvalue weighted by molar-refractivity contribution is 0.0943. The molecule has 2 aromatic rings. The van der Waals surface area contributed by atoms with Gasteiger partial charge in [0.25, 0.3) is 5.91 Å². The summed E-state index contributed by atoms with van der Waals surface area (Å²) in [5.41, 5.74) is 5.99. The third-order valence-corrected chi connectivity index (χ3v) is 3.82. The summed E-state index contributed by atoms with van der Waals surface area (Å²) in [4.78, 5) is 12.2. The van der Waals surface area contributed by atoms with Gasteiger partial charge in [-0.2, -0.15) is 0 Å². The number of halogens is 2. The molecule has 0 saturated heterocycles. The van der Waals surface area contributed by atoms with E-state index in [0.717, 1.165) is 12.8 Å². The molecule has 5 nitrogen and oxygen atoms in total. The summed E-state index contributed by atoms with van der Waals surface area (Å²) >= 11 is 10.8. The SMILES string of the molecule is CCCCOc1cccc(C(=O)NNC(=S)Nc2ccc(F)c(Cl)c2)c1. The Kier molecular flexibility index (Phi) is 7.62. The second-order valence-corrected chi connectivity index (χ2v) is 6.21. The number of carbonyl (C=O) groups is 1. The number of thiocarbonyl (C=S) groups is 1. The Morgan fingerprint density at radius 1 is 1.23 bits per heavy atom. The van der Waals surface area contributed by atoms with Gasteiger partial charge in [-0.05, 0) is 55.0 Å². The molecule has 0 heterocycles. The number of hydrazine groups is 1. The van der Waals surface area contributed by atoms with E-state index in [2.05, 4.69) is 23.1 Å². The number of carbonyl (C=O) groups excluding carboxylic acids is 1. The monoisotopic (exact) mass is 395 g/mol. The minimum Gasteiger partial charge on any atom is -0.494 e. The molecule has 8 heteroatoms. The van der Waals surface area contributed by atoms with Crippen molar-refractivity contribution in [1.29, 1.82) is 0 Å². The largest absolute Gasteiger partial charge is 0.494 e. The molecule has 0 aliphatic heterocycles. The molecule has 0 aromatic heterocycles. The first kappa shape index (κ1) is 19.9. The van der Waals surface area contributed by atoms with Gasteiger partial charge < -0.3 is 10.1 Å². The van der Waals surface area contributed by atoms with Crippen LogP contribution in [0.25, 0.3) is 0 Å². The molecule has 0 atom stereocenters. The van der Waals surface area contributed by atoms with Crippen LogP contribution in [-0.4, -0.2) is 17.6 Å². The van der Waals surface area contributed by atoms with Crippen LogP contribution in [0.4, 0.5) is 10.1 Å². The van der Waals surface area contributed by atoms with Crippen molar-refractivity contribution in [2.75, 3.05) is 11.9 Å². The van der Waals surface area contributed by atoms with Crippen molar-refractivity contribution in [3.63, 3.8) is 0 Å². The van der Waals surface area contributed by atoms with Gasteiger partial charge in [0.15, 0.2) is 5.11 Å². The fourth-order valence-corrected chi connectivity index (χ4v) is 2.33. The van der Waals surface area contributed by atoms with Crippen molar-refractivity contribution in [3.8, 4) is 5.75 Å². The molecule has 0 aliphatic rings. The number of amides is 1. The van der Waals surface area contributed by atoms with Crippen molar-refractivity contribution in [3.05, 3.63) is 58.9 Å². The third kappa shape index (κ3) is 6.16. The molecule has 0 radical (unpaired) electrons. The number of hydrogen-bond acceptors (Lipinski definition) is 3. The van der Waals surface area contributed by atoms with E-state index < -0.39 is 5.82 Å². The first-order valence-corrected chi connectivity index (χ1v) is 8.83. The number of unbranched alkanes of at least 4 members (excludes halogenated alkanes) is 1. The van der Waals surface area contributed by atoms with Gasteiger partial charge in [0.05, 0.1) is 11.6 Å². The van der Waals surface area contributed by atoms with Gasteiger partial charge in [0.1, 0.15) is 11.6 Å². The molecule has 0 saturated carbocycles. The lowest BCUT2D eigenvalue weighted by Gasteiger charge is -2.12. The maximum atomic E-state index is 13.1. The molecule has 0 unspecified atom stereocenters. The minimum absolute atomic E-state index is 0.0262. The Hall–Kier alpha value is -2.38. The highest BCUT2D eigenvalue weighted by Crippen LogP contribution is 2.19. The first-order chi connectivity index (χ1) is 12.5. The Morgan fingerprint density at radius 3 is 2.77 bits per heavy atom. The molecule has 1 amide bonds. The number of ether oxygens (including phenoxy) is 1. The van der Waals surface area contributed by atoms with E-state index in [9.17, 15) is 9.18 Å². The van der Waals surface area contributed by atoms with Gasteiger partial charge >= 0.3 is 0 Å². The van der Waals surface area contributed by atoms with Crippen LogP contribution in [-0.2, 0) is 0 Å². The van der Waals surface area contributed by atoms with E-state index in [0.29, 0.717) is 23.6 Å². The quantitative estimate of drug-likeness (QED) is 0.387. The fourth-order valence-electron chi connectivity index (χ4n) is 1.98. The van der Waals surface area contributed by atoms with Gasteiger partial charge in [-0.15, -0.1) is 0 Å². The molecular weight excluding hydrogens is 377 g/mol. The van der Waals surface area contributed by atoms with E-state index in [-0.39, 0.29) is 16.0 Å². The molecule has 2 rings (SSSR count). The second-order valence-electron chi connectivity index (χ2n) is 5.39. The number of anilines is 1. The Balaban J connectivity index is 1.86. The van der Waals surface area contributed by atoms with Gasteiger partial charge in [-0.1, -0.05) is 31.0 Å². The van der Waals surface area contributed by atoms with E-state index in [4.69, 9.17) is 28.6 Å². The smallest absolute Gasteiger partial charge is 0.269 e. The zero-order valence-electron chi connectivity index (χ0n) is 14.1. The Labute approximate surface area is 161 Å². The highest BCUT2D eigenvalue weighted by atomic mass is 35.5. The molecule has 0 fully saturated rings. The van der Waals surface area contributed by atoms with Gasteiger partial charge in [0.2, 0.25) is 0 Å². The van der Waals surface area contributed by atoms with Crippen LogP contribution in [0, 0.1) is 5.82 Å². The Morgan fingerprint density at radius 2 is 2.04 bits per heavy atom. The lowest BCUT2D eigenvalue weighted by atomic mass is 10.2. The summed E-state index contributed by atoms with van der Waals surface area (Å²) in [5.74, 6) is -0.259. The zero-order valence-corrected chi connectivity index (χ0v) is 15.7. The summed E-state index contributed by atoms with van der Waals surface area (Å²) in [5, 5.41) is 2.90. The zero-order chi connectivity index (χ0) is 18.9. The fraction of sp³-hybridized carbons (Fsp3) is 0.222. The number of rotatable bonds is 6.